The van der Waals surface area contributed by atoms with Gasteiger partial charge in [-0.05, 0) is 45.1 Å². The first-order valence-electron chi connectivity index (χ1n) is 6.16. The topological polar surface area (TPSA) is 58.6 Å². The summed E-state index contributed by atoms with van der Waals surface area (Å²) in [6.07, 6.45) is 3.05. The fraction of sp³-hybridized carbons (Fsp3) is 0.923. The van der Waals surface area contributed by atoms with Crippen LogP contribution in [0.3, 0.4) is 0 Å². The average Bonchev–Trinajstić information content (AvgIpc) is 2.22. The van der Waals surface area contributed by atoms with Gasteiger partial charge in [0.05, 0.1) is 12.1 Å². The number of aliphatic carboxylic acids is 1. The fourth-order valence-electron chi connectivity index (χ4n) is 1.49. The highest BCUT2D eigenvalue weighted by Crippen LogP contribution is 2.30. The molecule has 0 aliphatic heterocycles. The van der Waals surface area contributed by atoms with Crippen LogP contribution in [-0.2, 0) is 9.53 Å². The minimum Gasteiger partial charge on any atom is -0.480 e. The summed E-state index contributed by atoms with van der Waals surface area (Å²) in [5, 5.41) is 11.4. The van der Waals surface area contributed by atoms with E-state index in [-0.39, 0.29) is 17.6 Å². The van der Waals surface area contributed by atoms with Crippen molar-refractivity contribution in [3.63, 3.8) is 0 Å². The molecule has 4 heteroatoms. The Labute approximate surface area is 105 Å². The highest BCUT2D eigenvalue weighted by molar-refractivity contribution is 5.68. The minimum atomic E-state index is -0.802. The molecule has 17 heavy (non-hydrogen) atoms. The van der Waals surface area contributed by atoms with Gasteiger partial charge < -0.3 is 15.2 Å². The minimum absolute atomic E-state index is 0.0413. The molecule has 0 fully saturated rings. The monoisotopic (exact) mass is 245 g/mol. The zero-order valence-corrected chi connectivity index (χ0v) is 11.8. The van der Waals surface area contributed by atoms with Crippen LogP contribution in [0.25, 0.3) is 0 Å². The Kier molecular flexibility index (Phi) is 6.72. The van der Waals surface area contributed by atoms with Gasteiger partial charge in [0, 0.05) is 7.11 Å². The molecule has 102 valence electrons. The van der Waals surface area contributed by atoms with Crippen molar-refractivity contribution in [1.82, 2.24) is 5.32 Å². The van der Waals surface area contributed by atoms with E-state index in [0.29, 0.717) is 0 Å². The van der Waals surface area contributed by atoms with Gasteiger partial charge in [-0.1, -0.05) is 13.8 Å². The van der Waals surface area contributed by atoms with E-state index >= 15 is 0 Å². The number of hydrogen-bond acceptors (Lipinski definition) is 3. The third-order valence-electron chi connectivity index (χ3n) is 3.21. The molecule has 0 aromatic carbocycles. The Morgan fingerprint density at radius 2 is 1.76 bits per heavy atom. The Balaban J connectivity index is 3.83. The molecule has 0 bridgehead atoms. The number of hydrogen-bond donors (Lipinski definition) is 2. The predicted molar refractivity (Wildman–Crippen MR) is 69.2 cm³/mol. The summed E-state index contributed by atoms with van der Waals surface area (Å²) in [5.74, 6) is -0.802. The van der Waals surface area contributed by atoms with E-state index in [4.69, 9.17) is 9.84 Å². The Hall–Kier alpha value is -0.610. The molecular formula is C13H27NO3. The first-order valence-corrected chi connectivity index (χ1v) is 6.16. The highest BCUT2D eigenvalue weighted by Gasteiger charge is 2.23. The lowest BCUT2D eigenvalue weighted by atomic mass is 9.81. The SMILES string of the molecule is COC(C)(C)CCC(C)(C)CCNCC(=O)O. The smallest absolute Gasteiger partial charge is 0.317 e. The van der Waals surface area contributed by atoms with Gasteiger partial charge in [-0.3, -0.25) is 4.79 Å². The van der Waals surface area contributed by atoms with Gasteiger partial charge in [0.25, 0.3) is 0 Å². The highest BCUT2D eigenvalue weighted by atomic mass is 16.5. The van der Waals surface area contributed by atoms with Gasteiger partial charge in [-0.15, -0.1) is 0 Å². The zero-order chi connectivity index (χ0) is 13.5. The van der Waals surface area contributed by atoms with E-state index in [9.17, 15) is 4.79 Å². The first kappa shape index (κ1) is 16.4. The molecule has 0 atom stereocenters. The van der Waals surface area contributed by atoms with Crippen molar-refractivity contribution in [3.8, 4) is 0 Å². The summed E-state index contributed by atoms with van der Waals surface area (Å²) in [6, 6.07) is 0. The summed E-state index contributed by atoms with van der Waals surface area (Å²) in [6.45, 7) is 9.38. The van der Waals surface area contributed by atoms with Crippen LogP contribution in [0.15, 0.2) is 0 Å². The summed E-state index contributed by atoms with van der Waals surface area (Å²) >= 11 is 0. The molecule has 0 aromatic rings. The lowest BCUT2D eigenvalue weighted by Gasteiger charge is -2.30. The molecule has 0 aromatic heterocycles. The maximum atomic E-state index is 10.3. The van der Waals surface area contributed by atoms with E-state index in [1.165, 1.54) is 0 Å². The standard InChI is InChI=1S/C13H27NO3/c1-12(2,6-7-13(3,4)17-5)8-9-14-10-11(15)16/h14H,6-10H2,1-5H3,(H,15,16). The first-order chi connectivity index (χ1) is 7.68. The maximum absolute atomic E-state index is 10.3. The molecule has 0 saturated carbocycles. The third kappa shape index (κ3) is 9.12. The number of carboxylic acid groups (broad SMARTS) is 1. The van der Waals surface area contributed by atoms with Crippen LogP contribution in [0.5, 0.6) is 0 Å². The Morgan fingerprint density at radius 3 is 2.24 bits per heavy atom. The van der Waals surface area contributed by atoms with Gasteiger partial charge in [0.15, 0.2) is 0 Å². The normalized spacial score (nSPS) is 12.8. The summed E-state index contributed by atoms with van der Waals surface area (Å²) in [7, 11) is 1.74. The van der Waals surface area contributed by atoms with Crippen LogP contribution in [0.1, 0.15) is 47.0 Å². The molecular weight excluding hydrogens is 218 g/mol. The molecule has 0 aliphatic rings. The van der Waals surface area contributed by atoms with Crippen molar-refractivity contribution in [1.29, 1.82) is 0 Å². The molecule has 0 heterocycles. The van der Waals surface area contributed by atoms with Crippen molar-refractivity contribution < 1.29 is 14.6 Å². The molecule has 0 rings (SSSR count). The van der Waals surface area contributed by atoms with Gasteiger partial charge in [0.2, 0.25) is 0 Å². The largest absolute Gasteiger partial charge is 0.480 e. The van der Waals surface area contributed by atoms with Crippen LogP contribution in [0, 0.1) is 5.41 Å². The second-order valence-corrected chi connectivity index (χ2v) is 5.95. The van der Waals surface area contributed by atoms with Gasteiger partial charge in [-0.2, -0.15) is 0 Å². The van der Waals surface area contributed by atoms with E-state index in [2.05, 4.69) is 33.0 Å². The number of methoxy groups -OCH3 is 1. The molecule has 0 amide bonds. The van der Waals surface area contributed by atoms with Gasteiger partial charge >= 0.3 is 5.97 Å². The second-order valence-electron chi connectivity index (χ2n) is 5.95. The molecule has 4 nitrogen and oxygen atoms in total. The van der Waals surface area contributed by atoms with E-state index in [1.807, 2.05) is 0 Å². The lowest BCUT2D eigenvalue weighted by Crippen LogP contribution is -2.29. The average molecular weight is 245 g/mol. The zero-order valence-electron chi connectivity index (χ0n) is 11.8. The second kappa shape index (κ2) is 6.97. The van der Waals surface area contributed by atoms with Crippen molar-refractivity contribution in [2.45, 2.75) is 52.6 Å². The number of nitrogens with one attached hydrogen (secondary N) is 1. The van der Waals surface area contributed by atoms with Crippen LogP contribution in [0.2, 0.25) is 0 Å². The van der Waals surface area contributed by atoms with Gasteiger partial charge in [0.1, 0.15) is 0 Å². The number of ether oxygens (including phenoxy) is 1. The van der Waals surface area contributed by atoms with E-state index in [1.54, 1.807) is 7.11 Å². The summed E-state index contributed by atoms with van der Waals surface area (Å²) in [4.78, 5) is 10.3. The maximum Gasteiger partial charge on any atom is 0.317 e. The molecule has 0 unspecified atom stereocenters. The fourth-order valence-corrected chi connectivity index (χ4v) is 1.49. The molecule has 2 N–H and O–H groups in total. The van der Waals surface area contributed by atoms with Gasteiger partial charge in [-0.25, -0.2) is 0 Å². The van der Waals surface area contributed by atoms with Crippen LogP contribution in [0.4, 0.5) is 0 Å². The number of carbonyl (C=O) groups is 1. The number of rotatable bonds is 9. The summed E-state index contributed by atoms with van der Waals surface area (Å²) < 4.78 is 5.40. The summed E-state index contributed by atoms with van der Waals surface area (Å²) in [5.41, 5.74) is 0.132. The predicted octanol–water partition coefficient (Wildman–Crippen LogP) is 2.28. The quantitative estimate of drug-likeness (QED) is 0.612. The lowest BCUT2D eigenvalue weighted by molar-refractivity contribution is -0.135. The van der Waals surface area contributed by atoms with Crippen LogP contribution >= 0.6 is 0 Å². The molecule has 0 saturated heterocycles. The van der Waals surface area contributed by atoms with E-state index in [0.717, 1.165) is 25.8 Å². The Morgan fingerprint density at radius 1 is 1.18 bits per heavy atom. The van der Waals surface area contributed by atoms with Crippen molar-refractivity contribution in [2.24, 2.45) is 5.41 Å². The molecule has 0 spiro atoms. The number of carboxylic acids is 1. The molecule has 0 aliphatic carbocycles. The van der Waals surface area contributed by atoms with E-state index < -0.39 is 5.97 Å². The van der Waals surface area contributed by atoms with Crippen LogP contribution in [-0.4, -0.2) is 36.9 Å². The van der Waals surface area contributed by atoms with Crippen molar-refractivity contribution in [3.05, 3.63) is 0 Å². The van der Waals surface area contributed by atoms with Crippen molar-refractivity contribution >= 4 is 5.97 Å². The Bertz CT molecular complexity index is 237. The van der Waals surface area contributed by atoms with Crippen LogP contribution < -0.4 is 5.32 Å². The molecule has 0 radical (unpaired) electrons. The van der Waals surface area contributed by atoms with Crippen molar-refractivity contribution in [2.75, 3.05) is 20.2 Å². The third-order valence-corrected chi connectivity index (χ3v) is 3.21.